The number of rotatable bonds is 9. The molecule has 32 heavy (non-hydrogen) atoms. The predicted octanol–water partition coefficient (Wildman–Crippen LogP) is 1.92. The number of esters is 1. The van der Waals surface area contributed by atoms with Crippen molar-refractivity contribution in [2.45, 2.75) is 37.2 Å². The van der Waals surface area contributed by atoms with Gasteiger partial charge in [0.25, 0.3) is 5.91 Å². The monoisotopic (exact) mass is 459 g/mol. The van der Waals surface area contributed by atoms with Crippen LogP contribution in [0.4, 0.5) is 0 Å². The molecule has 0 spiro atoms. The first-order valence-electron chi connectivity index (χ1n) is 10.7. The summed E-state index contributed by atoms with van der Waals surface area (Å²) in [6.07, 6.45) is 1.68. The first-order chi connectivity index (χ1) is 15.4. The number of carbonyl (C=O) groups is 2. The van der Waals surface area contributed by atoms with E-state index in [4.69, 9.17) is 4.74 Å². The number of amides is 1. The molecule has 0 aromatic heterocycles. The van der Waals surface area contributed by atoms with Gasteiger partial charge in [-0.3, -0.25) is 9.69 Å². The number of nitrogens with zero attached hydrogens (tertiary/aromatic N) is 1. The summed E-state index contributed by atoms with van der Waals surface area (Å²) in [4.78, 5) is 26.8. The molecule has 172 valence electrons. The summed E-state index contributed by atoms with van der Waals surface area (Å²) in [6.45, 7) is 4.26. The highest BCUT2D eigenvalue weighted by atomic mass is 32.2. The van der Waals surface area contributed by atoms with Gasteiger partial charge in [-0.2, -0.15) is 0 Å². The van der Waals surface area contributed by atoms with Crippen LogP contribution in [0.15, 0.2) is 59.5 Å². The van der Waals surface area contributed by atoms with Gasteiger partial charge < -0.3 is 10.1 Å². The smallest absolute Gasteiger partial charge is 0.338 e. The molecule has 1 saturated heterocycles. The number of hydrogen-bond acceptors (Lipinski definition) is 6. The molecule has 2 aromatic rings. The lowest BCUT2D eigenvalue weighted by Gasteiger charge is -2.32. The van der Waals surface area contributed by atoms with E-state index in [-0.39, 0.29) is 35.6 Å². The Morgan fingerprint density at radius 1 is 1.03 bits per heavy atom. The van der Waals surface area contributed by atoms with E-state index in [0.717, 1.165) is 32.5 Å². The molecule has 3 rings (SSSR count). The standard InChI is InChI=1S/C23H29N3O5S/c1-2-24-32(29,30)21-10-8-19(9-11-21)23(28)31-17-22(27)25-20-12-14-26(15-13-20)16-18-6-4-3-5-7-18/h3-11,20,24H,2,12-17H2,1H3,(H,25,27). The zero-order valence-corrected chi connectivity index (χ0v) is 18.9. The van der Waals surface area contributed by atoms with Crippen molar-refractivity contribution in [3.63, 3.8) is 0 Å². The Bertz CT molecular complexity index is 1000. The van der Waals surface area contributed by atoms with Crippen molar-refractivity contribution in [1.82, 2.24) is 14.9 Å². The quantitative estimate of drug-likeness (QED) is 0.555. The molecule has 0 aliphatic carbocycles. The molecule has 0 unspecified atom stereocenters. The molecule has 9 heteroatoms. The summed E-state index contributed by atoms with van der Waals surface area (Å²) >= 11 is 0. The van der Waals surface area contributed by atoms with E-state index in [1.807, 2.05) is 18.2 Å². The molecule has 0 bridgehead atoms. The Morgan fingerprint density at radius 3 is 2.31 bits per heavy atom. The first-order valence-corrected chi connectivity index (χ1v) is 12.2. The maximum Gasteiger partial charge on any atom is 0.338 e. The van der Waals surface area contributed by atoms with Gasteiger partial charge in [0.1, 0.15) is 0 Å². The van der Waals surface area contributed by atoms with E-state index in [2.05, 4.69) is 27.1 Å². The maximum absolute atomic E-state index is 12.2. The van der Waals surface area contributed by atoms with Crippen LogP contribution in [0.25, 0.3) is 0 Å². The van der Waals surface area contributed by atoms with Crippen molar-refractivity contribution in [1.29, 1.82) is 0 Å². The van der Waals surface area contributed by atoms with Gasteiger partial charge in [-0.15, -0.1) is 0 Å². The minimum Gasteiger partial charge on any atom is -0.452 e. The van der Waals surface area contributed by atoms with Crippen molar-refractivity contribution < 1.29 is 22.7 Å². The van der Waals surface area contributed by atoms with Crippen molar-refractivity contribution in [2.75, 3.05) is 26.2 Å². The number of benzene rings is 2. The van der Waals surface area contributed by atoms with Gasteiger partial charge >= 0.3 is 5.97 Å². The molecular weight excluding hydrogens is 430 g/mol. The molecule has 1 amide bonds. The van der Waals surface area contributed by atoms with Gasteiger partial charge in [-0.1, -0.05) is 37.3 Å². The number of sulfonamides is 1. The molecule has 0 atom stereocenters. The second-order valence-electron chi connectivity index (χ2n) is 7.71. The average Bonchev–Trinajstić information content (AvgIpc) is 2.79. The molecule has 2 N–H and O–H groups in total. The zero-order valence-electron chi connectivity index (χ0n) is 18.1. The number of ether oxygens (including phenoxy) is 1. The Hall–Kier alpha value is -2.75. The minimum absolute atomic E-state index is 0.0591. The van der Waals surface area contributed by atoms with Crippen LogP contribution in [0.5, 0.6) is 0 Å². The molecule has 8 nitrogen and oxygen atoms in total. The first kappa shape index (κ1) is 23.9. The second kappa shape index (κ2) is 11.2. The molecule has 1 aliphatic heterocycles. The van der Waals surface area contributed by atoms with Crippen molar-refractivity contribution in [3.8, 4) is 0 Å². The molecule has 2 aromatic carbocycles. The van der Waals surface area contributed by atoms with Crippen LogP contribution in [-0.4, -0.2) is 57.5 Å². The molecule has 1 heterocycles. The number of likely N-dealkylation sites (tertiary alicyclic amines) is 1. The van der Waals surface area contributed by atoms with Crippen LogP contribution in [0.3, 0.4) is 0 Å². The fourth-order valence-electron chi connectivity index (χ4n) is 3.60. The van der Waals surface area contributed by atoms with Crippen LogP contribution >= 0.6 is 0 Å². The lowest BCUT2D eigenvalue weighted by Crippen LogP contribution is -2.45. The normalized spacial score (nSPS) is 15.3. The molecule has 0 saturated carbocycles. The molecule has 1 fully saturated rings. The Balaban J connectivity index is 1.40. The van der Waals surface area contributed by atoms with Crippen LogP contribution in [0.1, 0.15) is 35.7 Å². The van der Waals surface area contributed by atoms with Crippen molar-refractivity contribution >= 4 is 21.9 Å². The van der Waals surface area contributed by atoms with Crippen LogP contribution < -0.4 is 10.0 Å². The number of nitrogens with one attached hydrogen (secondary N) is 2. The predicted molar refractivity (Wildman–Crippen MR) is 120 cm³/mol. The third kappa shape index (κ3) is 6.88. The lowest BCUT2D eigenvalue weighted by molar-refractivity contribution is -0.125. The SMILES string of the molecule is CCNS(=O)(=O)c1ccc(C(=O)OCC(=O)NC2CCN(Cc3ccccc3)CC2)cc1. The summed E-state index contributed by atoms with van der Waals surface area (Å²) in [6, 6.07) is 15.7. The van der Waals surface area contributed by atoms with E-state index in [1.54, 1.807) is 6.92 Å². The van der Waals surface area contributed by atoms with Gasteiger partial charge in [-0.05, 0) is 42.7 Å². The van der Waals surface area contributed by atoms with Crippen LogP contribution in [-0.2, 0) is 26.1 Å². The topological polar surface area (TPSA) is 105 Å². The van der Waals surface area contributed by atoms with Gasteiger partial charge in [-0.25, -0.2) is 17.9 Å². The van der Waals surface area contributed by atoms with Gasteiger partial charge in [0.15, 0.2) is 6.61 Å². The Morgan fingerprint density at radius 2 is 1.69 bits per heavy atom. The summed E-state index contributed by atoms with van der Waals surface area (Å²) < 4.78 is 31.4. The van der Waals surface area contributed by atoms with E-state index in [1.165, 1.54) is 29.8 Å². The summed E-state index contributed by atoms with van der Waals surface area (Å²) in [5, 5.41) is 2.92. The lowest BCUT2D eigenvalue weighted by atomic mass is 10.0. The second-order valence-corrected chi connectivity index (χ2v) is 9.47. The highest BCUT2D eigenvalue weighted by molar-refractivity contribution is 7.89. The largest absolute Gasteiger partial charge is 0.452 e. The highest BCUT2D eigenvalue weighted by Gasteiger charge is 2.21. The van der Waals surface area contributed by atoms with Crippen LogP contribution in [0, 0.1) is 0 Å². The minimum atomic E-state index is -3.59. The highest BCUT2D eigenvalue weighted by Crippen LogP contribution is 2.14. The number of piperidine rings is 1. The molecule has 1 aliphatic rings. The number of carbonyl (C=O) groups excluding carboxylic acids is 2. The van der Waals surface area contributed by atoms with Gasteiger partial charge in [0.05, 0.1) is 10.5 Å². The fraction of sp³-hybridized carbons (Fsp3) is 0.391. The zero-order chi connectivity index (χ0) is 23.0. The Labute approximate surface area is 189 Å². The van der Waals surface area contributed by atoms with E-state index in [9.17, 15) is 18.0 Å². The maximum atomic E-state index is 12.2. The molecule has 0 radical (unpaired) electrons. The number of hydrogen-bond donors (Lipinski definition) is 2. The summed E-state index contributed by atoms with van der Waals surface area (Å²) in [5.74, 6) is -1.02. The summed E-state index contributed by atoms with van der Waals surface area (Å²) in [7, 11) is -3.59. The van der Waals surface area contributed by atoms with Gasteiger partial charge in [0.2, 0.25) is 10.0 Å². The fourth-order valence-corrected chi connectivity index (χ4v) is 4.65. The van der Waals surface area contributed by atoms with Crippen molar-refractivity contribution in [3.05, 3.63) is 65.7 Å². The average molecular weight is 460 g/mol. The third-order valence-electron chi connectivity index (χ3n) is 5.27. The van der Waals surface area contributed by atoms with Crippen LogP contribution in [0.2, 0.25) is 0 Å². The van der Waals surface area contributed by atoms with E-state index in [0.29, 0.717) is 0 Å². The Kier molecular flexibility index (Phi) is 8.38. The van der Waals surface area contributed by atoms with E-state index < -0.39 is 16.0 Å². The summed E-state index contributed by atoms with van der Waals surface area (Å²) in [5.41, 5.74) is 1.46. The van der Waals surface area contributed by atoms with Gasteiger partial charge in [0, 0.05) is 32.2 Å². The third-order valence-corrected chi connectivity index (χ3v) is 6.83. The van der Waals surface area contributed by atoms with Crippen molar-refractivity contribution in [2.24, 2.45) is 0 Å². The molecular formula is C23H29N3O5S. The van der Waals surface area contributed by atoms with E-state index >= 15 is 0 Å².